The Morgan fingerprint density at radius 2 is 2.29 bits per heavy atom. The fourth-order valence-corrected chi connectivity index (χ4v) is 0.225. The van der Waals surface area contributed by atoms with Gasteiger partial charge in [-0.25, -0.2) is 0 Å². The second kappa shape index (κ2) is 3.34. The van der Waals surface area contributed by atoms with E-state index < -0.39 is 0 Å². The molecule has 0 spiro atoms. The third-order valence-electron chi connectivity index (χ3n) is 0.567. The van der Waals surface area contributed by atoms with Gasteiger partial charge in [-0.1, -0.05) is 18.7 Å². The van der Waals surface area contributed by atoms with Gasteiger partial charge in [0.15, 0.2) is 0 Å². The highest BCUT2D eigenvalue weighted by molar-refractivity contribution is 5.72. The zero-order chi connectivity index (χ0) is 5.70. The highest BCUT2D eigenvalue weighted by atomic mass is 16.1. The van der Waals surface area contributed by atoms with Crippen molar-refractivity contribution in [1.82, 2.24) is 0 Å². The van der Waals surface area contributed by atoms with E-state index in [1.807, 2.05) is 0 Å². The second-order valence-corrected chi connectivity index (χ2v) is 1.26. The molecular formula is C6H8O. The van der Waals surface area contributed by atoms with Crippen LogP contribution < -0.4 is 0 Å². The number of carbonyl (C=O) groups is 1. The Balaban J connectivity index is 3.72. The van der Waals surface area contributed by atoms with Crippen molar-refractivity contribution in [2.24, 2.45) is 0 Å². The van der Waals surface area contributed by atoms with Crippen LogP contribution in [0, 0.1) is 0 Å². The van der Waals surface area contributed by atoms with Gasteiger partial charge in [0.1, 0.15) is 6.29 Å². The first-order chi connectivity index (χ1) is 3.31. The summed E-state index contributed by atoms with van der Waals surface area (Å²) in [4.78, 5) is 9.78. The molecule has 0 aliphatic carbocycles. The van der Waals surface area contributed by atoms with Crippen molar-refractivity contribution in [2.45, 2.75) is 6.92 Å². The van der Waals surface area contributed by atoms with Gasteiger partial charge in [-0.2, -0.15) is 0 Å². The molecule has 0 unspecified atom stereocenters. The Hall–Kier alpha value is -0.850. The van der Waals surface area contributed by atoms with Crippen molar-refractivity contribution in [1.29, 1.82) is 0 Å². The molecule has 0 fully saturated rings. The number of rotatable bonds is 2. The molecule has 0 rings (SSSR count). The maximum absolute atomic E-state index is 9.78. The third-order valence-corrected chi connectivity index (χ3v) is 0.567. The maximum atomic E-state index is 9.78. The Morgan fingerprint density at radius 1 is 1.71 bits per heavy atom. The van der Waals surface area contributed by atoms with E-state index in [-0.39, 0.29) is 0 Å². The SMILES string of the molecule is C=CC=C(C)C=O. The molecule has 0 heterocycles. The molecule has 0 bridgehead atoms. The van der Waals surface area contributed by atoms with E-state index in [0.717, 1.165) is 6.29 Å². The minimum absolute atomic E-state index is 0.704. The second-order valence-electron chi connectivity index (χ2n) is 1.26. The summed E-state index contributed by atoms with van der Waals surface area (Å²) < 4.78 is 0. The predicted octanol–water partition coefficient (Wildman–Crippen LogP) is 1.32. The van der Waals surface area contributed by atoms with Crippen LogP contribution in [0.4, 0.5) is 0 Å². The normalized spacial score (nSPS) is 10.7. The van der Waals surface area contributed by atoms with Gasteiger partial charge in [0.25, 0.3) is 0 Å². The maximum Gasteiger partial charge on any atom is 0.145 e. The van der Waals surface area contributed by atoms with Crippen molar-refractivity contribution in [3.05, 3.63) is 24.3 Å². The highest BCUT2D eigenvalue weighted by Crippen LogP contribution is 1.83. The summed E-state index contributed by atoms with van der Waals surface area (Å²) >= 11 is 0. The van der Waals surface area contributed by atoms with Crippen LogP contribution in [0.1, 0.15) is 6.92 Å². The monoisotopic (exact) mass is 96.1 g/mol. The molecule has 0 aromatic rings. The molecule has 0 amide bonds. The molecule has 0 aliphatic heterocycles. The number of hydrogen-bond acceptors (Lipinski definition) is 1. The van der Waals surface area contributed by atoms with Crippen LogP contribution in [-0.4, -0.2) is 6.29 Å². The van der Waals surface area contributed by atoms with Gasteiger partial charge in [-0.05, 0) is 12.5 Å². The minimum atomic E-state index is 0.704. The molecule has 0 radical (unpaired) electrons. The van der Waals surface area contributed by atoms with Gasteiger partial charge in [0.2, 0.25) is 0 Å². The standard InChI is InChI=1S/C6H8O/c1-3-4-6(2)5-7/h3-5H,1H2,2H3. The number of aldehydes is 1. The topological polar surface area (TPSA) is 17.1 Å². The van der Waals surface area contributed by atoms with Gasteiger partial charge >= 0.3 is 0 Å². The molecule has 0 atom stereocenters. The zero-order valence-electron chi connectivity index (χ0n) is 4.35. The van der Waals surface area contributed by atoms with Crippen LogP contribution in [-0.2, 0) is 4.79 Å². The predicted molar refractivity (Wildman–Crippen MR) is 30.0 cm³/mol. The molecule has 0 saturated heterocycles. The molecule has 1 heteroatoms. The molecule has 0 N–H and O–H groups in total. The van der Waals surface area contributed by atoms with Crippen LogP contribution in [0.15, 0.2) is 24.3 Å². The fourth-order valence-electron chi connectivity index (χ4n) is 0.225. The first-order valence-electron chi connectivity index (χ1n) is 2.05. The van der Waals surface area contributed by atoms with Crippen molar-refractivity contribution in [3.8, 4) is 0 Å². The summed E-state index contributed by atoms with van der Waals surface area (Å²) in [5, 5.41) is 0. The largest absolute Gasteiger partial charge is 0.298 e. The lowest BCUT2D eigenvalue weighted by Gasteiger charge is -1.75. The Morgan fingerprint density at radius 3 is 2.43 bits per heavy atom. The van der Waals surface area contributed by atoms with Crippen LogP contribution in [0.2, 0.25) is 0 Å². The lowest BCUT2D eigenvalue weighted by molar-refractivity contribution is -0.104. The first-order valence-corrected chi connectivity index (χ1v) is 2.05. The fraction of sp³-hybridized carbons (Fsp3) is 0.167. The van der Waals surface area contributed by atoms with Gasteiger partial charge in [0.05, 0.1) is 0 Å². The molecule has 0 aliphatic rings. The van der Waals surface area contributed by atoms with E-state index in [9.17, 15) is 4.79 Å². The molecule has 7 heavy (non-hydrogen) atoms. The van der Waals surface area contributed by atoms with E-state index in [4.69, 9.17) is 0 Å². The first kappa shape index (κ1) is 6.15. The van der Waals surface area contributed by atoms with Crippen molar-refractivity contribution >= 4 is 6.29 Å². The molecule has 0 saturated carbocycles. The van der Waals surface area contributed by atoms with Gasteiger partial charge in [-0.3, -0.25) is 4.79 Å². The summed E-state index contributed by atoms with van der Waals surface area (Å²) in [5.41, 5.74) is 0.704. The number of allylic oxidation sites excluding steroid dienone is 3. The van der Waals surface area contributed by atoms with E-state index in [2.05, 4.69) is 6.58 Å². The van der Waals surface area contributed by atoms with E-state index in [1.165, 1.54) is 0 Å². The summed E-state index contributed by atoms with van der Waals surface area (Å²) in [7, 11) is 0. The van der Waals surface area contributed by atoms with E-state index in [0.29, 0.717) is 5.57 Å². The van der Waals surface area contributed by atoms with Crippen LogP contribution in [0.5, 0.6) is 0 Å². The highest BCUT2D eigenvalue weighted by Gasteiger charge is 1.74. The number of carbonyl (C=O) groups excluding carboxylic acids is 1. The van der Waals surface area contributed by atoms with Gasteiger partial charge in [-0.15, -0.1) is 0 Å². The quantitative estimate of drug-likeness (QED) is 0.288. The van der Waals surface area contributed by atoms with E-state index in [1.54, 1.807) is 19.1 Å². The average Bonchev–Trinajstić information content (AvgIpc) is 1.68. The minimum Gasteiger partial charge on any atom is -0.298 e. The smallest absolute Gasteiger partial charge is 0.145 e. The lowest BCUT2D eigenvalue weighted by Crippen LogP contribution is -1.70. The Bertz CT molecular complexity index is 101. The average molecular weight is 96.1 g/mol. The Labute approximate surface area is 43.3 Å². The number of hydrogen-bond donors (Lipinski definition) is 0. The van der Waals surface area contributed by atoms with Crippen LogP contribution >= 0.6 is 0 Å². The van der Waals surface area contributed by atoms with E-state index >= 15 is 0 Å². The van der Waals surface area contributed by atoms with Gasteiger partial charge < -0.3 is 0 Å². The van der Waals surface area contributed by atoms with Gasteiger partial charge in [0, 0.05) is 0 Å². The summed E-state index contributed by atoms with van der Waals surface area (Å²) in [6, 6.07) is 0. The molecule has 0 aromatic heterocycles. The zero-order valence-corrected chi connectivity index (χ0v) is 4.35. The molecule has 38 valence electrons. The van der Waals surface area contributed by atoms with Crippen molar-refractivity contribution in [2.75, 3.05) is 0 Å². The van der Waals surface area contributed by atoms with Crippen molar-refractivity contribution < 1.29 is 4.79 Å². The van der Waals surface area contributed by atoms with Crippen molar-refractivity contribution in [3.63, 3.8) is 0 Å². The summed E-state index contributed by atoms with van der Waals surface area (Å²) in [5.74, 6) is 0. The molecule has 1 nitrogen and oxygen atoms in total. The van der Waals surface area contributed by atoms with Crippen LogP contribution in [0.3, 0.4) is 0 Å². The third kappa shape index (κ3) is 2.97. The Kier molecular flexibility index (Phi) is 2.94. The molecule has 0 aromatic carbocycles. The summed E-state index contributed by atoms with van der Waals surface area (Å²) in [6.07, 6.45) is 4.04. The summed E-state index contributed by atoms with van der Waals surface area (Å²) in [6.45, 7) is 5.14. The van der Waals surface area contributed by atoms with Crippen LogP contribution in [0.25, 0.3) is 0 Å². The lowest BCUT2D eigenvalue weighted by atomic mass is 10.3. The molecular weight excluding hydrogens is 88.1 g/mol.